The zero-order valence-electron chi connectivity index (χ0n) is 26.8. The average molecular weight is 667 g/mol. The number of methoxy groups -OCH3 is 1. The molecule has 48 heavy (non-hydrogen) atoms. The van der Waals surface area contributed by atoms with Gasteiger partial charge in [-0.2, -0.15) is 5.10 Å². The second kappa shape index (κ2) is 15.7. The molecule has 246 valence electrons. The summed E-state index contributed by atoms with van der Waals surface area (Å²) >= 11 is 5.91. The summed E-state index contributed by atoms with van der Waals surface area (Å²) in [7, 11) is 1.50. The number of nitrogens with one attached hydrogen (secondary N) is 2. The highest BCUT2D eigenvalue weighted by Crippen LogP contribution is 2.33. The predicted molar refractivity (Wildman–Crippen MR) is 186 cm³/mol. The quantitative estimate of drug-likeness (QED) is 0.0723. The highest BCUT2D eigenvalue weighted by Gasteiger charge is 2.15. The Morgan fingerprint density at radius 3 is 2.38 bits per heavy atom. The molecule has 0 saturated carbocycles. The van der Waals surface area contributed by atoms with Crippen LogP contribution in [0.5, 0.6) is 17.2 Å². The van der Waals surface area contributed by atoms with Crippen LogP contribution in [0.4, 0.5) is 5.69 Å². The van der Waals surface area contributed by atoms with E-state index in [4.69, 9.17) is 30.2 Å². The Kier molecular flexibility index (Phi) is 11.0. The summed E-state index contributed by atoms with van der Waals surface area (Å²) < 4.78 is 25.1. The van der Waals surface area contributed by atoms with Crippen molar-refractivity contribution in [1.29, 1.82) is 0 Å². The molecule has 0 bridgehead atoms. The number of rotatable bonds is 14. The van der Waals surface area contributed by atoms with Gasteiger partial charge < -0.3 is 28.5 Å². The lowest BCUT2D eigenvalue weighted by Crippen LogP contribution is -2.20. The minimum Gasteiger partial charge on any atom is -0.493 e. The molecule has 5 aromatic rings. The fourth-order valence-corrected chi connectivity index (χ4v) is 5.09. The Labute approximate surface area is 283 Å². The van der Waals surface area contributed by atoms with Crippen LogP contribution in [0.25, 0.3) is 5.69 Å². The van der Waals surface area contributed by atoms with Gasteiger partial charge in [-0.1, -0.05) is 17.7 Å². The number of carbonyl (C=O) groups is 2. The maximum Gasteiger partial charge on any atom is 0.307 e. The van der Waals surface area contributed by atoms with Crippen molar-refractivity contribution in [2.24, 2.45) is 5.10 Å². The second-order valence-corrected chi connectivity index (χ2v) is 11.2. The first-order valence-electron chi connectivity index (χ1n) is 15.0. The summed E-state index contributed by atoms with van der Waals surface area (Å²) in [5.41, 5.74) is 7.78. The van der Waals surface area contributed by atoms with E-state index < -0.39 is 5.91 Å². The van der Waals surface area contributed by atoms with E-state index in [-0.39, 0.29) is 24.9 Å². The van der Waals surface area contributed by atoms with E-state index in [1.807, 2.05) is 30.3 Å². The number of aryl methyl sites for hydroxylation is 2. The second-order valence-electron chi connectivity index (χ2n) is 10.7. The summed E-state index contributed by atoms with van der Waals surface area (Å²) in [6, 6.07) is 25.4. The summed E-state index contributed by atoms with van der Waals surface area (Å²) in [5, 5.41) is 7.41. The molecule has 0 atom stereocenters. The van der Waals surface area contributed by atoms with E-state index in [9.17, 15) is 9.59 Å². The van der Waals surface area contributed by atoms with Crippen molar-refractivity contribution < 1.29 is 28.2 Å². The molecule has 11 heteroatoms. The molecule has 2 heterocycles. The fraction of sp³-hybridized carbons (Fsp3) is 0.162. The lowest BCUT2D eigenvalue weighted by atomic mass is 10.1. The number of carbonyl (C=O) groups excluding carboxylic acids is 2. The molecule has 10 nitrogen and oxygen atoms in total. The van der Waals surface area contributed by atoms with E-state index in [1.165, 1.54) is 13.3 Å². The zero-order chi connectivity index (χ0) is 34.0. The van der Waals surface area contributed by atoms with Gasteiger partial charge >= 0.3 is 5.91 Å². The average Bonchev–Trinajstić information content (AvgIpc) is 3.70. The van der Waals surface area contributed by atoms with Crippen LogP contribution in [0.2, 0.25) is 5.02 Å². The Hall–Kier alpha value is -5.74. The number of aromatic nitrogens is 1. The van der Waals surface area contributed by atoms with E-state index in [2.05, 4.69) is 53.0 Å². The highest BCUT2D eigenvalue weighted by atomic mass is 35.5. The number of furan rings is 1. The zero-order valence-corrected chi connectivity index (χ0v) is 27.5. The third-order valence-electron chi connectivity index (χ3n) is 7.23. The number of ether oxygens (including phenoxy) is 3. The third-order valence-corrected chi connectivity index (χ3v) is 7.48. The molecule has 0 aliphatic rings. The first kappa shape index (κ1) is 33.6. The summed E-state index contributed by atoms with van der Waals surface area (Å²) in [5.74, 6) is 1.17. The Balaban J connectivity index is 1.16. The molecule has 0 saturated heterocycles. The van der Waals surface area contributed by atoms with Crippen molar-refractivity contribution in [3.05, 3.63) is 137 Å². The summed E-state index contributed by atoms with van der Waals surface area (Å²) in [4.78, 5) is 25.2. The number of hydrogen-bond acceptors (Lipinski definition) is 7. The molecule has 2 amide bonds. The molecule has 0 aliphatic carbocycles. The smallest absolute Gasteiger partial charge is 0.307 e. The molecule has 2 aromatic heterocycles. The molecule has 0 spiro atoms. The SMILES string of the molecule is C=CCc1cc(/C=N/NC(=O)c2ccc(COc3ccc(-n4c(C)ccc4C)cc3)o2)cc(OC)c1OCC(=O)Nc1ccc(Cl)cc1. The minimum atomic E-state index is -0.524. The minimum absolute atomic E-state index is 0.0882. The number of allylic oxidation sites excluding steroid dienone is 1. The maximum absolute atomic E-state index is 12.7. The van der Waals surface area contributed by atoms with Crippen LogP contribution in [-0.2, 0) is 17.8 Å². The Morgan fingerprint density at radius 2 is 1.69 bits per heavy atom. The first-order chi connectivity index (χ1) is 23.2. The van der Waals surface area contributed by atoms with Gasteiger partial charge in [-0.05, 0) is 111 Å². The molecule has 0 unspecified atom stereocenters. The number of benzene rings is 3. The number of nitrogens with zero attached hydrogens (tertiary/aromatic N) is 2. The lowest BCUT2D eigenvalue weighted by molar-refractivity contribution is -0.118. The van der Waals surface area contributed by atoms with E-state index in [1.54, 1.807) is 48.5 Å². The number of halogens is 1. The molecular weight excluding hydrogens is 632 g/mol. The monoisotopic (exact) mass is 666 g/mol. The highest BCUT2D eigenvalue weighted by molar-refractivity contribution is 6.30. The van der Waals surface area contributed by atoms with Gasteiger partial charge in [0.15, 0.2) is 23.9 Å². The van der Waals surface area contributed by atoms with Gasteiger partial charge in [-0.25, -0.2) is 5.43 Å². The number of amides is 2. The van der Waals surface area contributed by atoms with Crippen molar-refractivity contribution in [3.8, 4) is 22.9 Å². The molecule has 0 radical (unpaired) electrons. The van der Waals surface area contributed by atoms with Crippen LogP contribution in [0.15, 0.2) is 107 Å². The molecular formula is C37H35ClN4O6. The van der Waals surface area contributed by atoms with Gasteiger partial charge in [0.05, 0.1) is 13.3 Å². The standard InChI is InChI=1S/C37H35ClN4O6/c1-5-6-27-19-26(20-34(45-4)36(27)47-23-35(43)40-29-11-9-28(38)10-12-29)21-39-41-37(44)33-18-17-32(48-33)22-46-31-15-13-30(14-16-31)42-24(2)7-8-25(42)3/h5,7-21H,1,6,22-23H2,2-4H3,(H,40,43)(H,41,44)/b39-21+. The summed E-state index contributed by atoms with van der Waals surface area (Å²) in [6.07, 6.45) is 3.61. The third kappa shape index (κ3) is 8.54. The largest absolute Gasteiger partial charge is 0.493 e. The van der Waals surface area contributed by atoms with E-state index in [0.29, 0.717) is 45.7 Å². The van der Waals surface area contributed by atoms with Gasteiger partial charge in [-0.3, -0.25) is 9.59 Å². The predicted octanol–water partition coefficient (Wildman–Crippen LogP) is 7.44. The first-order valence-corrected chi connectivity index (χ1v) is 15.4. The molecule has 0 aliphatic heterocycles. The van der Waals surface area contributed by atoms with Gasteiger partial charge in [-0.15, -0.1) is 6.58 Å². The Bertz CT molecular complexity index is 1910. The topological polar surface area (TPSA) is 116 Å². The molecule has 5 rings (SSSR count). The van der Waals surface area contributed by atoms with Crippen LogP contribution in [-0.4, -0.2) is 36.3 Å². The van der Waals surface area contributed by atoms with Crippen LogP contribution < -0.4 is 25.0 Å². The van der Waals surface area contributed by atoms with Crippen molar-refractivity contribution in [2.75, 3.05) is 19.0 Å². The van der Waals surface area contributed by atoms with Crippen LogP contribution in [0.3, 0.4) is 0 Å². The summed E-state index contributed by atoms with van der Waals surface area (Å²) in [6.45, 7) is 7.85. The van der Waals surface area contributed by atoms with Gasteiger partial charge in [0, 0.05) is 33.3 Å². The van der Waals surface area contributed by atoms with Crippen LogP contribution >= 0.6 is 11.6 Å². The van der Waals surface area contributed by atoms with Gasteiger partial charge in [0.1, 0.15) is 18.1 Å². The molecule has 3 aromatic carbocycles. The Morgan fingerprint density at radius 1 is 0.958 bits per heavy atom. The van der Waals surface area contributed by atoms with Crippen molar-refractivity contribution in [2.45, 2.75) is 26.9 Å². The fourth-order valence-electron chi connectivity index (χ4n) is 4.97. The van der Waals surface area contributed by atoms with E-state index in [0.717, 1.165) is 22.6 Å². The van der Waals surface area contributed by atoms with Gasteiger partial charge in [0.2, 0.25) is 0 Å². The number of hydrogen-bond donors (Lipinski definition) is 2. The number of anilines is 1. The van der Waals surface area contributed by atoms with Crippen molar-refractivity contribution in [3.63, 3.8) is 0 Å². The van der Waals surface area contributed by atoms with Crippen molar-refractivity contribution >= 4 is 35.3 Å². The molecule has 2 N–H and O–H groups in total. The van der Waals surface area contributed by atoms with Crippen molar-refractivity contribution in [1.82, 2.24) is 9.99 Å². The van der Waals surface area contributed by atoms with E-state index >= 15 is 0 Å². The van der Waals surface area contributed by atoms with Gasteiger partial charge in [0.25, 0.3) is 5.91 Å². The molecule has 0 fully saturated rings. The number of hydrazone groups is 1. The normalized spacial score (nSPS) is 10.9. The van der Waals surface area contributed by atoms with Crippen LogP contribution in [0, 0.1) is 13.8 Å². The van der Waals surface area contributed by atoms with Crippen LogP contribution in [0.1, 0.15) is 38.8 Å². The lowest BCUT2D eigenvalue weighted by Gasteiger charge is -2.15. The maximum atomic E-state index is 12.7.